The molecule has 0 N–H and O–H groups in total. The van der Waals surface area contributed by atoms with E-state index in [9.17, 15) is 9.59 Å². The minimum atomic E-state index is -1.25. The molecule has 0 aromatic carbocycles. The van der Waals surface area contributed by atoms with Gasteiger partial charge in [0.05, 0.1) is 18.8 Å². The molecule has 4 nitrogen and oxygen atoms in total. The highest BCUT2D eigenvalue weighted by atomic mass is 16.5. The molecule has 0 aromatic rings. The van der Waals surface area contributed by atoms with Crippen molar-refractivity contribution in [2.75, 3.05) is 6.61 Å². The summed E-state index contributed by atoms with van der Waals surface area (Å²) in [5, 5.41) is 0. The third-order valence-corrected chi connectivity index (χ3v) is 4.49. The number of carbonyl (C=O) groups is 2. The van der Waals surface area contributed by atoms with Gasteiger partial charge in [-0.15, -0.1) is 0 Å². The highest BCUT2D eigenvalue weighted by molar-refractivity contribution is 6.08. The molecule has 0 amide bonds. The van der Waals surface area contributed by atoms with Crippen LogP contribution in [0.4, 0.5) is 0 Å². The molecule has 1 aliphatic heterocycles. The van der Waals surface area contributed by atoms with Crippen LogP contribution in [0.1, 0.15) is 46.5 Å². The first-order valence-corrected chi connectivity index (χ1v) is 7.48. The second-order valence-electron chi connectivity index (χ2n) is 6.06. The molecular weight excluding hydrogens is 256 g/mol. The zero-order valence-electron chi connectivity index (χ0n) is 12.6. The number of Topliss-reactive ketones (excluding diaryl/α,β-unsaturated/α-hetero) is 1. The van der Waals surface area contributed by atoms with Gasteiger partial charge < -0.3 is 9.47 Å². The SMILES string of the molecule is C=C1CCC[C@@H]2O[C@H](C(C)C)CC(=O)[C@]12C(=O)OCC. The molecule has 1 aliphatic carbocycles. The van der Waals surface area contributed by atoms with Crippen molar-refractivity contribution in [1.82, 2.24) is 0 Å². The number of hydrogen-bond donors (Lipinski definition) is 0. The molecule has 2 aliphatic rings. The van der Waals surface area contributed by atoms with Gasteiger partial charge in [-0.1, -0.05) is 26.0 Å². The molecule has 0 bridgehead atoms. The molecular formula is C16H24O4. The van der Waals surface area contributed by atoms with Crippen molar-refractivity contribution in [1.29, 1.82) is 0 Å². The minimum absolute atomic E-state index is 0.0735. The van der Waals surface area contributed by atoms with Crippen molar-refractivity contribution < 1.29 is 19.1 Å². The van der Waals surface area contributed by atoms with Crippen molar-refractivity contribution in [2.45, 2.75) is 58.7 Å². The summed E-state index contributed by atoms with van der Waals surface area (Å²) in [6, 6.07) is 0. The Labute approximate surface area is 120 Å². The maximum absolute atomic E-state index is 12.8. The van der Waals surface area contributed by atoms with Crippen LogP contribution in [0.15, 0.2) is 12.2 Å². The Morgan fingerprint density at radius 3 is 2.85 bits per heavy atom. The van der Waals surface area contributed by atoms with Crippen molar-refractivity contribution in [3.05, 3.63) is 12.2 Å². The second-order valence-corrected chi connectivity index (χ2v) is 6.06. The Kier molecular flexibility index (Phi) is 4.33. The topological polar surface area (TPSA) is 52.6 Å². The standard InChI is InChI=1S/C16H24O4/c1-5-19-15(18)16-11(4)7-6-8-14(16)20-12(10(2)3)9-13(16)17/h10,12,14H,4-9H2,1-3H3/t12-,14-,16+/m0/s1. The van der Waals surface area contributed by atoms with Gasteiger partial charge in [-0.3, -0.25) is 9.59 Å². The van der Waals surface area contributed by atoms with Gasteiger partial charge in [0.1, 0.15) is 0 Å². The lowest BCUT2D eigenvalue weighted by Crippen LogP contribution is -2.59. The van der Waals surface area contributed by atoms with Gasteiger partial charge >= 0.3 is 5.97 Å². The fourth-order valence-corrected chi connectivity index (χ4v) is 3.32. The summed E-state index contributed by atoms with van der Waals surface area (Å²) < 4.78 is 11.3. The van der Waals surface area contributed by atoms with Crippen molar-refractivity contribution >= 4 is 11.8 Å². The summed E-state index contributed by atoms with van der Waals surface area (Å²) in [7, 11) is 0. The Morgan fingerprint density at radius 2 is 2.25 bits per heavy atom. The van der Waals surface area contributed by atoms with Gasteiger partial charge in [0.15, 0.2) is 11.2 Å². The van der Waals surface area contributed by atoms with Crippen LogP contribution in [-0.2, 0) is 19.1 Å². The van der Waals surface area contributed by atoms with Crippen LogP contribution < -0.4 is 0 Å². The van der Waals surface area contributed by atoms with Gasteiger partial charge in [0.2, 0.25) is 0 Å². The van der Waals surface area contributed by atoms with Crippen LogP contribution in [0.5, 0.6) is 0 Å². The molecule has 112 valence electrons. The van der Waals surface area contributed by atoms with E-state index in [0.29, 0.717) is 18.4 Å². The van der Waals surface area contributed by atoms with E-state index in [1.807, 2.05) is 13.8 Å². The van der Waals surface area contributed by atoms with Crippen molar-refractivity contribution in [3.63, 3.8) is 0 Å². The molecule has 1 heterocycles. The molecule has 2 fully saturated rings. The van der Waals surface area contributed by atoms with E-state index in [1.54, 1.807) is 6.92 Å². The Bertz CT molecular complexity index is 426. The monoisotopic (exact) mass is 280 g/mol. The number of hydrogen-bond acceptors (Lipinski definition) is 4. The third-order valence-electron chi connectivity index (χ3n) is 4.49. The summed E-state index contributed by atoms with van der Waals surface area (Å²) in [5.41, 5.74) is -0.584. The van der Waals surface area contributed by atoms with Gasteiger partial charge in [-0.2, -0.15) is 0 Å². The molecule has 0 unspecified atom stereocenters. The maximum atomic E-state index is 12.8. The van der Waals surface area contributed by atoms with E-state index in [2.05, 4.69) is 6.58 Å². The van der Waals surface area contributed by atoms with Gasteiger partial charge in [0, 0.05) is 6.42 Å². The first kappa shape index (κ1) is 15.2. The number of esters is 1. The lowest BCUT2D eigenvalue weighted by molar-refractivity contribution is -0.187. The van der Waals surface area contributed by atoms with E-state index < -0.39 is 17.5 Å². The molecule has 0 radical (unpaired) electrons. The zero-order chi connectivity index (χ0) is 14.9. The van der Waals surface area contributed by atoms with Gasteiger partial charge in [0.25, 0.3) is 0 Å². The van der Waals surface area contributed by atoms with Gasteiger partial charge in [-0.05, 0) is 32.1 Å². The molecule has 3 atom stereocenters. The zero-order valence-corrected chi connectivity index (χ0v) is 12.6. The lowest BCUT2D eigenvalue weighted by Gasteiger charge is -2.47. The van der Waals surface area contributed by atoms with E-state index in [-0.39, 0.29) is 30.8 Å². The van der Waals surface area contributed by atoms with Gasteiger partial charge in [-0.25, -0.2) is 0 Å². The molecule has 1 saturated heterocycles. The summed E-state index contributed by atoms with van der Waals surface area (Å²) >= 11 is 0. The summed E-state index contributed by atoms with van der Waals surface area (Å²) in [4.78, 5) is 25.2. The number of ether oxygens (including phenoxy) is 2. The Morgan fingerprint density at radius 1 is 1.55 bits per heavy atom. The fourth-order valence-electron chi connectivity index (χ4n) is 3.32. The van der Waals surface area contributed by atoms with E-state index in [0.717, 1.165) is 6.42 Å². The van der Waals surface area contributed by atoms with E-state index >= 15 is 0 Å². The van der Waals surface area contributed by atoms with Crippen molar-refractivity contribution in [3.8, 4) is 0 Å². The van der Waals surface area contributed by atoms with E-state index in [4.69, 9.17) is 9.47 Å². The number of ketones is 1. The smallest absolute Gasteiger partial charge is 0.326 e. The van der Waals surface area contributed by atoms with Crippen molar-refractivity contribution in [2.24, 2.45) is 11.3 Å². The Balaban J connectivity index is 2.38. The fraction of sp³-hybridized carbons (Fsp3) is 0.750. The first-order chi connectivity index (χ1) is 9.44. The third kappa shape index (κ3) is 2.20. The predicted octanol–water partition coefficient (Wildman–Crippen LogP) is 2.66. The van der Waals surface area contributed by atoms with Crippen LogP contribution >= 0.6 is 0 Å². The summed E-state index contributed by atoms with van der Waals surface area (Å²) in [5.74, 6) is -0.285. The predicted molar refractivity (Wildman–Crippen MR) is 75.2 cm³/mol. The average Bonchev–Trinajstić information content (AvgIpc) is 2.38. The Hall–Kier alpha value is -1.16. The van der Waals surface area contributed by atoms with Crippen LogP contribution in [0.3, 0.4) is 0 Å². The second kappa shape index (κ2) is 5.68. The van der Waals surface area contributed by atoms with E-state index in [1.165, 1.54) is 0 Å². The molecule has 0 aromatic heterocycles. The molecule has 20 heavy (non-hydrogen) atoms. The number of fused-ring (bicyclic) bond motifs is 1. The quantitative estimate of drug-likeness (QED) is 0.453. The average molecular weight is 280 g/mol. The maximum Gasteiger partial charge on any atom is 0.326 e. The minimum Gasteiger partial charge on any atom is -0.465 e. The largest absolute Gasteiger partial charge is 0.465 e. The normalized spacial score (nSPS) is 34.0. The summed E-state index contributed by atoms with van der Waals surface area (Å²) in [6.45, 7) is 10.1. The first-order valence-electron chi connectivity index (χ1n) is 7.48. The summed E-state index contributed by atoms with van der Waals surface area (Å²) in [6.07, 6.45) is 2.07. The van der Waals surface area contributed by atoms with Crippen LogP contribution in [0, 0.1) is 11.3 Å². The molecule has 2 rings (SSSR count). The van der Waals surface area contributed by atoms with Crippen LogP contribution in [0.2, 0.25) is 0 Å². The highest BCUT2D eigenvalue weighted by Gasteiger charge is 2.60. The van der Waals surface area contributed by atoms with Crippen LogP contribution in [0.25, 0.3) is 0 Å². The molecule has 0 spiro atoms. The van der Waals surface area contributed by atoms with Crippen LogP contribution in [-0.4, -0.2) is 30.6 Å². The lowest BCUT2D eigenvalue weighted by atomic mass is 9.63. The number of carbonyl (C=O) groups excluding carboxylic acids is 2. The highest BCUT2D eigenvalue weighted by Crippen LogP contribution is 2.48. The molecule has 4 heteroatoms. The molecule has 1 saturated carbocycles. The number of rotatable bonds is 3.